The summed E-state index contributed by atoms with van der Waals surface area (Å²) in [4.78, 5) is 6.36. The lowest BCUT2D eigenvalue weighted by atomic mass is 10.1. The van der Waals surface area contributed by atoms with E-state index >= 15 is 0 Å². The van der Waals surface area contributed by atoms with Crippen LogP contribution in [0.25, 0.3) is 0 Å². The number of nitrogens with one attached hydrogen (secondary N) is 1. The van der Waals surface area contributed by atoms with Gasteiger partial charge in [0.05, 0.1) is 5.69 Å². The highest BCUT2D eigenvalue weighted by Gasteiger charge is 2.23. The van der Waals surface area contributed by atoms with Gasteiger partial charge in [-0.15, -0.1) is 0 Å². The zero-order chi connectivity index (χ0) is 10.7. The summed E-state index contributed by atoms with van der Waals surface area (Å²) >= 11 is 0. The lowest BCUT2D eigenvalue weighted by Gasteiger charge is -2.37. The molecular formula is C11H17N3O. The Morgan fingerprint density at radius 3 is 3.00 bits per heavy atom. The first-order valence-corrected chi connectivity index (χ1v) is 5.26. The van der Waals surface area contributed by atoms with Crippen LogP contribution in [0.5, 0.6) is 0 Å². The molecule has 0 amide bonds. The number of nitrogens with zero attached hydrogens (tertiary/aromatic N) is 2. The van der Waals surface area contributed by atoms with E-state index in [-0.39, 0.29) is 0 Å². The minimum Gasteiger partial charge on any atom is -0.385 e. The van der Waals surface area contributed by atoms with Crippen molar-refractivity contribution < 1.29 is 5.11 Å². The van der Waals surface area contributed by atoms with Gasteiger partial charge in [0.25, 0.3) is 0 Å². The maximum atomic E-state index is 9.82. The predicted octanol–water partition coefficient (Wildman–Crippen LogP) is 0.0186. The van der Waals surface area contributed by atoms with Crippen molar-refractivity contribution >= 4 is 0 Å². The molecule has 1 saturated heterocycles. The van der Waals surface area contributed by atoms with Crippen LogP contribution in [0, 0.1) is 0 Å². The van der Waals surface area contributed by atoms with Crippen LogP contribution >= 0.6 is 0 Å². The topological polar surface area (TPSA) is 48.4 Å². The smallest absolute Gasteiger partial charge is 0.108 e. The van der Waals surface area contributed by atoms with Crippen molar-refractivity contribution in [2.24, 2.45) is 0 Å². The number of aliphatic hydroxyl groups is 1. The van der Waals surface area contributed by atoms with Gasteiger partial charge in [-0.25, -0.2) is 0 Å². The lowest BCUT2D eigenvalue weighted by Crippen LogP contribution is -2.56. The van der Waals surface area contributed by atoms with E-state index in [0.717, 1.165) is 18.8 Å². The molecule has 4 nitrogen and oxygen atoms in total. The molecule has 1 fully saturated rings. The molecule has 0 radical (unpaired) electrons. The van der Waals surface area contributed by atoms with Crippen LogP contribution in [-0.4, -0.2) is 47.7 Å². The fourth-order valence-corrected chi connectivity index (χ4v) is 1.78. The van der Waals surface area contributed by atoms with Crippen LogP contribution in [0.2, 0.25) is 0 Å². The number of likely N-dealkylation sites (N-methyl/N-ethyl adjacent to an activating group) is 1. The van der Waals surface area contributed by atoms with Crippen LogP contribution in [0.15, 0.2) is 24.4 Å². The molecule has 2 N–H and O–H groups in total. The molecule has 0 bridgehead atoms. The Kier molecular flexibility index (Phi) is 3.30. The van der Waals surface area contributed by atoms with E-state index < -0.39 is 6.10 Å². The summed E-state index contributed by atoms with van der Waals surface area (Å²) in [6, 6.07) is 6.11. The maximum Gasteiger partial charge on any atom is 0.108 e. The van der Waals surface area contributed by atoms with E-state index in [9.17, 15) is 5.11 Å². The zero-order valence-electron chi connectivity index (χ0n) is 8.93. The number of pyridine rings is 1. The van der Waals surface area contributed by atoms with Gasteiger partial charge in [0, 0.05) is 31.9 Å². The minimum atomic E-state index is -0.503. The van der Waals surface area contributed by atoms with Gasteiger partial charge in [0.1, 0.15) is 6.10 Å². The van der Waals surface area contributed by atoms with Crippen LogP contribution in [0.3, 0.4) is 0 Å². The van der Waals surface area contributed by atoms with E-state index in [0.29, 0.717) is 12.6 Å². The highest BCUT2D eigenvalue weighted by molar-refractivity contribution is 5.07. The Morgan fingerprint density at radius 1 is 1.60 bits per heavy atom. The molecule has 0 aliphatic carbocycles. The molecule has 1 aromatic rings. The first-order valence-electron chi connectivity index (χ1n) is 5.26. The summed E-state index contributed by atoms with van der Waals surface area (Å²) in [7, 11) is 2.09. The molecule has 0 saturated carbocycles. The van der Waals surface area contributed by atoms with Gasteiger partial charge in [-0.1, -0.05) is 6.07 Å². The van der Waals surface area contributed by atoms with Gasteiger partial charge in [0.15, 0.2) is 0 Å². The zero-order valence-corrected chi connectivity index (χ0v) is 8.93. The highest BCUT2D eigenvalue weighted by atomic mass is 16.3. The molecule has 1 aliphatic heterocycles. The van der Waals surface area contributed by atoms with Gasteiger partial charge in [-0.05, 0) is 19.2 Å². The summed E-state index contributed by atoms with van der Waals surface area (Å²) in [5, 5.41) is 13.1. The molecule has 1 atom stereocenters. The predicted molar refractivity (Wildman–Crippen MR) is 58.5 cm³/mol. The monoisotopic (exact) mass is 207 g/mol. The average Bonchev–Trinajstić information content (AvgIpc) is 2.23. The summed E-state index contributed by atoms with van der Waals surface area (Å²) < 4.78 is 0. The molecule has 1 aromatic heterocycles. The fourth-order valence-electron chi connectivity index (χ4n) is 1.78. The molecule has 0 aromatic carbocycles. The Morgan fingerprint density at radius 2 is 2.40 bits per heavy atom. The number of rotatable bonds is 4. The van der Waals surface area contributed by atoms with Gasteiger partial charge < -0.3 is 15.3 Å². The number of aromatic nitrogens is 1. The van der Waals surface area contributed by atoms with Crippen LogP contribution in [0.1, 0.15) is 11.8 Å². The number of aliphatic hydroxyl groups excluding tert-OH is 1. The molecule has 0 spiro atoms. The van der Waals surface area contributed by atoms with Crippen molar-refractivity contribution in [2.75, 3.05) is 26.7 Å². The third kappa shape index (κ3) is 2.75. The normalized spacial score (nSPS) is 19.9. The van der Waals surface area contributed by atoms with Gasteiger partial charge in [-0.2, -0.15) is 0 Å². The fraction of sp³-hybridized carbons (Fsp3) is 0.545. The van der Waals surface area contributed by atoms with E-state index in [1.165, 1.54) is 0 Å². The summed E-state index contributed by atoms with van der Waals surface area (Å²) in [5.41, 5.74) is 0.734. The van der Waals surface area contributed by atoms with Crippen LogP contribution in [-0.2, 0) is 0 Å². The summed E-state index contributed by atoms with van der Waals surface area (Å²) in [6.45, 7) is 2.71. The first-order chi connectivity index (χ1) is 7.25. The first kappa shape index (κ1) is 10.5. The van der Waals surface area contributed by atoms with Crippen molar-refractivity contribution in [2.45, 2.75) is 12.1 Å². The van der Waals surface area contributed by atoms with Crippen molar-refractivity contribution in [1.82, 2.24) is 15.2 Å². The van der Waals surface area contributed by atoms with Crippen LogP contribution in [0.4, 0.5) is 0 Å². The quantitative estimate of drug-likeness (QED) is 0.730. The Bertz CT molecular complexity index is 298. The van der Waals surface area contributed by atoms with Gasteiger partial charge in [-0.3, -0.25) is 4.98 Å². The largest absolute Gasteiger partial charge is 0.385 e. The second-order valence-electron chi connectivity index (χ2n) is 4.10. The van der Waals surface area contributed by atoms with E-state index in [4.69, 9.17) is 0 Å². The third-order valence-corrected chi connectivity index (χ3v) is 2.69. The van der Waals surface area contributed by atoms with Crippen molar-refractivity contribution in [1.29, 1.82) is 0 Å². The van der Waals surface area contributed by atoms with E-state index in [1.54, 1.807) is 6.20 Å². The van der Waals surface area contributed by atoms with Crippen molar-refractivity contribution in [3.05, 3.63) is 30.1 Å². The number of hydrogen-bond donors (Lipinski definition) is 2. The van der Waals surface area contributed by atoms with Crippen LogP contribution < -0.4 is 5.32 Å². The average molecular weight is 207 g/mol. The molecule has 1 aliphatic rings. The summed E-state index contributed by atoms with van der Waals surface area (Å²) in [5.74, 6) is 0. The van der Waals surface area contributed by atoms with Crippen molar-refractivity contribution in [3.8, 4) is 0 Å². The third-order valence-electron chi connectivity index (χ3n) is 2.69. The second-order valence-corrected chi connectivity index (χ2v) is 4.10. The molecule has 15 heavy (non-hydrogen) atoms. The molecule has 1 unspecified atom stereocenters. The van der Waals surface area contributed by atoms with Gasteiger partial charge in [0.2, 0.25) is 0 Å². The standard InChI is InChI=1S/C11H17N3O/c1-14-7-9(8-14)13-6-11(15)10-4-2-3-5-12-10/h2-5,9,11,13,15H,6-8H2,1H3. The number of hydrogen-bond acceptors (Lipinski definition) is 4. The Hall–Kier alpha value is -0.970. The molecule has 2 heterocycles. The molecule has 82 valence electrons. The lowest BCUT2D eigenvalue weighted by molar-refractivity contribution is 0.123. The second kappa shape index (κ2) is 4.70. The van der Waals surface area contributed by atoms with E-state index in [1.807, 2.05) is 18.2 Å². The SMILES string of the molecule is CN1CC(NCC(O)c2ccccn2)C1. The Labute approximate surface area is 89.9 Å². The van der Waals surface area contributed by atoms with Gasteiger partial charge >= 0.3 is 0 Å². The van der Waals surface area contributed by atoms with Crippen molar-refractivity contribution in [3.63, 3.8) is 0 Å². The number of likely N-dealkylation sites (tertiary alicyclic amines) is 1. The minimum absolute atomic E-state index is 0.503. The molecular weight excluding hydrogens is 190 g/mol. The highest BCUT2D eigenvalue weighted by Crippen LogP contribution is 2.09. The molecule has 4 heteroatoms. The Balaban J connectivity index is 1.75. The maximum absolute atomic E-state index is 9.82. The van der Waals surface area contributed by atoms with E-state index in [2.05, 4.69) is 22.2 Å². The molecule has 2 rings (SSSR count). The summed E-state index contributed by atoms with van der Waals surface area (Å²) in [6.07, 6.45) is 1.20.